The third kappa shape index (κ3) is 2.61. The number of nitrogens with zero attached hydrogens (tertiary/aromatic N) is 1. The van der Waals surface area contributed by atoms with Crippen molar-refractivity contribution in [2.45, 2.75) is 20.8 Å². The van der Waals surface area contributed by atoms with Crippen molar-refractivity contribution < 1.29 is 23.5 Å². The minimum atomic E-state index is -1.57. The third-order valence-electron chi connectivity index (χ3n) is 1.88. The predicted molar refractivity (Wildman–Crippen MR) is 56.6 cm³/mol. The molecule has 0 aliphatic carbocycles. The van der Waals surface area contributed by atoms with Gasteiger partial charge in [-0.2, -0.15) is 0 Å². The summed E-state index contributed by atoms with van der Waals surface area (Å²) in [7, 11) is 0. The average Bonchev–Trinajstić information content (AvgIpc) is 2.36. The SMILES string of the molecule is CC.Cc1c(F)c(O)c(/C(N)=N/O)c(F)c1F. The first-order valence-corrected chi connectivity index (χ1v) is 4.75. The number of hydrogen-bond acceptors (Lipinski definition) is 3. The molecule has 1 aromatic rings. The molecule has 4 nitrogen and oxygen atoms in total. The van der Waals surface area contributed by atoms with Crippen LogP contribution in [0.1, 0.15) is 25.0 Å². The number of phenols is 1. The van der Waals surface area contributed by atoms with Crippen molar-refractivity contribution in [3.05, 3.63) is 28.6 Å². The number of halogens is 3. The Labute approximate surface area is 96.2 Å². The standard InChI is InChI=1S/C8H7F3N2O2.C2H6/c1-2-4(9)6(11)3(8(12)13-15)7(14)5(2)10;1-2/h14-15H,1H3,(H2,12,13);1-2H3. The van der Waals surface area contributed by atoms with Crippen LogP contribution < -0.4 is 5.73 Å². The third-order valence-corrected chi connectivity index (χ3v) is 1.88. The molecule has 0 amide bonds. The van der Waals surface area contributed by atoms with Crippen LogP contribution in [0.25, 0.3) is 0 Å². The van der Waals surface area contributed by atoms with Crippen LogP contribution in [0.5, 0.6) is 5.75 Å². The molecule has 4 N–H and O–H groups in total. The summed E-state index contributed by atoms with van der Waals surface area (Å²) in [5.41, 5.74) is 3.27. The van der Waals surface area contributed by atoms with Crippen molar-refractivity contribution in [3.8, 4) is 5.75 Å². The van der Waals surface area contributed by atoms with E-state index >= 15 is 0 Å². The molecule has 0 saturated heterocycles. The van der Waals surface area contributed by atoms with Gasteiger partial charge in [0.15, 0.2) is 29.0 Å². The second-order valence-corrected chi connectivity index (χ2v) is 2.78. The van der Waals surface area contributed by atoms with Gasteiger partial charge >= 0.3 is 0 Å². The molecule has 0 radical (unpaired) electrons. The Bertz CT molecular complexity index is 419. The van der Waals surface area contributed by atoms with E-state index in [1.54, 1.807) is 0 Å². The van der Waals surface area contributed by atoms with E-state index in [4.69, 9.17) is 16.0 Å². The van der Waals surface area contributed by atoms with Gasteiger partial charge in [-0.1, -0.05) is 19.0 Å². The van der Waals surface area contributed by atoms with Crippen LogP contribution in [0.15, 0.2) is 5.16 Å². The Kier molecular flexibility index (Phi) is 5.30. The van der Waals surface area contributed by atoms with Gasteiger partial charge < -0.3 is 16.0 Å². The fourth-order valence-electron chi connectivity index (χ4n) is 1.05. The van der Waals surface area contributed by atoms with Gasteiger partial charge in [-0.05, 0) is 6.92 Å². The highest BCUT2D eigenvalue weighted by atomic mass is 19.2. The average molecular weight is 250 g/mol. The highest BCUT2D eigenvalue weighted by Gasteiger charge is 2.24. The van der Waals surface area contributed by atoms with E-state index in [1.807, 2.05) is 13.8 Å². The van der Waals surface area contributed by atoms with Gasteiger partial charge in [-0.15, -0.1) is 0 Å². The molecule has 0 heterocycles. The lowest BCUT2D eigenvalue weighted by Crippen LogP contribution is -2.17. The van der Waals surface area contributed by atoms with Crippen LogP contribution in [0.3, 0.4) is 0 Å². The topological polar surface area (TPSA) is 78.8 Å². The molecule has 0 unspecified atom stereocenters. The maximum atomic E-state index is 13.2. The zero-order chi connectivity index (χ0) is 13.7. The molecule has 0 aliphatic rings. The predicted octanol–water partition coefficient (Wildman–Crippen LogP) is 2.24. The molecule has 1 aromatic carbocycles. The summed E-state index contributed by atoms with van der Waals surface area (Å²) >= 11 is 0. The van der Waals surface area contributed by atoms with Crippen LogP contribution in [-0.4, -0.2) is 16.1 Å². The van der Waals surface area contributed by atoms with Crippen molar-refractivity contribution >= 4 is 5.84 Å². The largest absolute Gasteiger partial charge is 0.504 e. The second kappa shape index (κ2) is 5.97. The van der Waals surface area contributed by atoms with E-state index in [1.165, 1.54) is 0 Å². The molecular formula is C10H13F3N2O2. The molecular weight excluding hydrogens is 237 g/mol. The van der Waals surface area contributed by atoms with Crippen LogP contribution in [0.4, 0.5) is 13.2 Å². The van der Waals surface area contributed by atoms with E-state index < -0.39 is 40.2 Å². The summed E-state index contributed by atoms with van der Waals surface area (Å²) in [6.07, 6.45) is 0. The number of rotatable bonds is 1. The number of oxime groups is 1. The van der Waals surface area contributed by atoms with Crippen molar-refractivity contribution in [1.29, 1.82) is 0 Å². The first-order chi connectivity index (χ1) is 7.91. The molecule has 0 aliphatic heterocycles. The molecule has 0 saturated carbocycles. The normalized spacial score (nSPS) is 10.8. The van der Waals surface area contributed by atoms with Crippen LogP contribution in [0, 0.1) is 24.4 Å². The summed E-state index contributed by atoms with van der Waals surface area (Å²) in [4.78, 5) is 0. The molecule has 0 fully saturated rings. The molecule has 0 atom stereocenters. The number of nitrogens with two attached hydrogens (primary N) is 1. The van der Waals surface area contributed by atoms with Crippen molar-refractivity contribution in [1.82, 2.24) is 0 Å². The van der Waals surface area contributed by atoms with Crippen molar-refractivity contribution in [2.75, 3.05) is 0 Å². The Morgan fingerprint density at radius 3 is 2.00 bits per heavy atom. The Balaban J connectivity index is 0.00000121. The first-order valence-electron chi connectivity index (χ1n) is 4.75. The second-order valence-electron chi connectivity index (χ2n) is 2.78. The maximum Gasteiger partial charge on any atom is 0.177 e. The smallest absolute Gasteiger partial charge is 0.177 e. The highest BCUT2D eigenvalue weighted by molar-refractivity contribution is 5.99. The van der Waals surface area contributed by atoms with E-state index in [0.717, 1.165) is 6.92 Å². The number of phenolic OH excluding ortho intramolecular Hbond substituents is 1. The van der Waals surface area contributed by atoms with Crippen molar-refractivity contribution in [3.63, 3.8) is 0 Å². The molecule has 1 rings (SSSR count). The minimum Gasteiger partial charge on any atom is -0.504 e. The van der Waals surface area contributed by atoms with Crippen LogP contribution >= 0.6 is 0 Å². The summed E-state index contributed by atoms with van der Waals surface area (Å²) in [6.45, 7) is 4.95. The molecule has 96 valence electrons. The van der Waals surface area contributed by atoms with Gasteiger partial charge in [0.05, 0.1) is 0 Å². The molecule has 17 heavy (non-hydrogen) atoms. The fourth-order valence-corrected chi connectivity index (χ4v) is 1.05. The van der Waals surface area contributed by atoms with E-state index in [0.29, 0.717) is 0 Å². The van der Waals surface area contributed by atoms with Crippen LogP contribution in [-0.2, 0) is 0 Å². The zero-order valence-electron chi connectivity index (χ0n) is 9.55. The molecule has 0 aromatic heterocycles. The summed E-state index contributed by atoms with van der Waals surface area (Å²) < 4.78 is 39.3. The lowest BCUT2D eigenvalue weighted by Gasteiger charge is -2.08. The number of aromatic hydroxyl groups is 1. The summed E-state index contributed by atoms with van der Waals surface area (Å²) in [5, 5.41) is 19.7. The van der Waals surface area contributed by atoms with E-state index in [-0.39, 0.29) is 0 Å². The first kappa shape index (κ1) is 15.1. The van der Waals surface area contributed by atoms with E-state index in [2.05, 4.69) is 5.16 Å². The van der Waals surface area contributed by atoms with Gasteiger partial charge in [0.25, 0.3) is 0 Å². The molecule has 0 bridgehead atoms. The van der Waals surface area contributed by atoms with E-state index in [9.17, 15) is 13.2 Å². The lowest BCUT2D eigenvalue weighted by molar-refractivity contribution is 0.317. The van der Waals surface area contributed by atoms with Gasteiger partial charge in [0.2, 0.25) is 0 Å². The van der Waals surface area contributed by atoms with Gasteiger partial charge in [0, 0.05) is 5.56 Å². The molecule has 0 spiro atoms. The number of benzene rings is 1. The maximum absolute atomic E-state index is 13.2. The summed E-state index contributed by atoms with van der Waals surface area (Å²) in [6, 6.07) is 0. The van der Waals surface area contributed by atoms with Gasteiger partial charge in [-0.3, -0.25) is 0 Å². The van der Waals surface area contributed by atoms with Gasteiger partial charge in [-0.25, -0.2) is 13.2 Å². The zero-order valence-corrected chi connectivity index (χ0v) is 9.55. The monoisotopic (exact) mass is 250 g/mol. The Morgan fingerprint density at radius 1 is 1.12 bits per heavy atom. The fraction of sp³-hybridized carbons (Fsp3) is 0.300. The molecule has 7 heteroatoms. The Hall–Kier alpha value is -1.92. The van der Waals surface area contributed by atoms with Gasteiger partial charge in [0.1, 0.15) is 5.56 Å². The number of hydrogen-bond donors (Lipinski definition) is 3. The lowest BCUT2D eigenvalue weighted by atomic mass is 10.1. The van der Waals surface area contributed by atoms with Crippen LogP contribution in [0.2, 0.25) is 0 Å². The quantitative estimate of drug-likeness (QED) is 0.235. The highest BCUT2D eigenvalue weighted by Crippen LogP contribution is 2.29. The van der Waals surface area contributed by atoms with Crippen molar-refractivity contribution in [2.24, 2.45) is 10.9 Å². The Morgan fingerprint density at radius 2 is 1.59 bits per heavy atom. The minimum absolute atomic E-state index is 0.681. The number of amidine groups is 1. The summed E-state index contributed by atoms with van der Waals surface area (Å²) in [5.74, 6) is -6.52.